The van der Waals surface area contributed by atoms with Crippen molar-refractivity contribution >= 4 is 58.0 Å². The molecule has 2 saturated heterocycles. The van der Waals surface area contributed by atoms with Gasteiger partial charge in [-0.05, 0) is 56.0 Å². The Kier molecular flexibility index (Phi) is 9.00. The number of methoxy groups -OCH3 is 1. The second-order valence-electron chi connectivity index (χ2n) is 10.8. The molecule has 0 aromatic heterocycles. The number of halogens is 1. The number of hydrogen-bond acceptors (Lipinski definition) is 8. The molecule has 0 bridgehead atoms. The average Bonchev–Trinajstić information content (AvgIpc) is 3.00. The smallest absolute Gasteiger partial charge is 0.317 e. The molecule has 2 aliphatic heterocycles. The number of ether oxygens (including phenoxy) is 2. The minimum Gasteiger partial charge on any atom is -0.422 e. The zero-order valence-corrected chi connectivity index (χ0v) is 24.6. The van der Waals surface area contributed by atoms with Gasteiger partial charge >= 0.3 is 17.8 Å². The summed E-state index contributed by atoms with van der Waals surface area (Å²) in [6.45, 7) is 3.22. The SMILES string of the molecule is CCC(=O)Oc1c(N2CCN(C3CCC(OC)CC3)CC2=O)cccc1N1CCN(c2cc(Cl)ccc2N)C(=O)C1=O. The van der Waals surface area contributed by atoms with Crippen LogP contribution in [0.25, 0.3) is 0 Å². The lowest BCUT2D eigenvalue weighted by Crippen LogP contribution is -2.55. The monoisotopic (exact) mass is 597 g/mol. The number of nitrogens with two attached hydrogens (primary N) is 1. The van der Waals surface area contributed by atoms with E-state index in [-0.39, 0.29) is 49.5 Å². The molecule has 2 aromatic carbocycles. The van der Waals surface area contributed by atoms with E-state index >= 15 is 0 Å². The molecule has 1 aliphatic carbocycles. The van der Waals surface area contributed by atoms with Gasteiger partial charge in [0.2, 0.25) is 5.91 Å². The van der Waals surface area contributed by atoms with Gasteiger partial charge in [0, 0.05) is 50.8 Å². The molecule has 2 aromatic rings. The number of amides is 3. The Bertz CT molecular complexity index is 1380. The number of anilines is 4. The fourth-order valence-electron chi connectivity index (χ4n) is 5.98. The van der Waals surface area contributed by atoms with Crippen LogP contribution in [-0.4, -0.2) is 80.6 Å². The molecule has 2 N–H and O–H groups in total. The maximum Gasteiger partial charge on any atom is 0.317 e. The fourth-order valence-corrected chi connectivity index (χ4v) is 6.14. The first-order valence-corrected chi connectivity index (χ1v) is 14.7. The highest BCUT2D eigenvalue weighted by molar-refractivity contribution is 6.46. The van der Waals surface area contributed by atoms with Gasteiger partial charge in [-0.1, -0.05) is 24.6 Å². The molecular weight excluding hydrogens is 562 g/mol. The summed E-state index contributed by atoms with van der Waals surface area (Å²) in [5, 5.41) is 0.385. The first kappa shape index (κ1) is 29.8. The van der Waals surface area contributed by atoms with E-state index in [4.69, 9.17) is 26.8 Å². The van der Waals surface area contributed by atoms with E-state index in [1.165, 1.54) is 9.80 Å². The minimum atomic E-state index is -0.811. The highest BCUT2D eigenvalue weighted by Gasteiger charge is 2.39. The number of hydrogen-bond donors (Lipinski definition) is 1. The van der Waals surface area contributed by atoms with Crippen LogP contribution in [0.2, 0.25) is 5.02 Å². The number of piperazine rings is 2. The zero-order valence-electron chi connectivity index (χ0n) is 23.9. The number of nitrogens with zero attached hydrogens (tertiary/aromatic N) is 4. The maximum absolute atomic E-state index is 13.5. The molecule has 42 heavy (non-hydrogen) atoms. The maximum atomic E-state index is 13.5. The third-order valence-electron chi connectivity index (χ3n) is 8.31. The molecule has 0 unspecified atom stereocenters. The van der Waals surface area contributed by atoms with E-state index in [0.717, 1.165) is 25.7 Å². The lowest BCUT2D eigenvalue weighted by Gasteiger charge is -2.41. The Morgan fingerprint density at radius 3 is 2.14 bits per heavy atom. The van der Waals surface area contributed by atoms with E-state index < -0.39 is 17.8 Å². The average molecular weight is 598 g/mol. The van der Waals surface area contributed by atoms with Crippen LogP contribution in [0.15, 0.2) is 36.4 Å². The van der Waals surface area contributed by atoms with Crippen LogP contribution in [0.3, 0.4) is 0 Å². The Balaban J connectivity index is 1.39. The lowest BCUT2D eigenvalue weighted by atomic mass is 9.91. The highest BCUT2D eigenvalue weighted by Crippen LogP contribution is 2.41. The summed E-state index contributed by atoms with van der Waals surface area (Å²) in [5.41, 5.74) is 7.38. The molecular formula is C30H36ClN5O6. The van der Waals surface area contributed by atoms with Crippen molar-refractivity contribution in [1.82, 2.24) is 4.90 Å². The number of benzene rings is 2. The number of esters is 1. The second-order valence-corrected chi connectivity index (χ2v) is 11.2. The standard InChI is InChI=1S/C30H36ClN5O6/c1-3-27(38)42-28-23(34-14-13-33(18-26(34)37)20-8-10-21(41-2)11-9-20)5-4-6-24(28)35-15-16-36(30(40)29(35)39)25-17-19(31)7-12-22(25)32/h4-7,12,17,20-21H,3,8-11,13-16,18,32H2,1-2H3. The molecule has 12 heteroatoms. The first-order chi connectivity index (χ1) is 20.2. The van der Waals surface area contributed by atoms with Gasteiger partial charge < -0.3 is 25.0 Å². The van der Waals surface area contributed by atoms with Crippen molar-refractivity contribution in [2.24, 2.45) is 0 Å². The minimum absolute atomic E-state index is 0.0867. The van der Waals surface area contributed by atoms with Crippen LogP contribution < -0.4 is 25.2 Å². The summed E-state index contributed by atoms with van der Waals surface area (Å²) < 4.78 is 11.3. The molecule has 11 nitrogen and oxygen atoms in total. The van der Waals surface area contributed by atoms with E-state index in [1.807, 2.05) is 0 Å². The van der Waals surface area contributed by atoms with E-state index in [1.54, 1.807) is 55.3 Å². The zero-order chi connectivity index (χ0) is 30.0. The molecule has 5 rings (SSSR count). The van der Waals surface area contributed by atoms with Gasteiger partial charge in [0.1, 0.15) is 0 Å². The summed E-state index contributed by atoms with van der Waals surface area (Å²) >= 11 is 6.12. The molecule has 0 atom stereocenters. The van der Waals surface area contributed by atoms with Gasteiger partial charge in [-0.15, -0.1) is 0 Å². The van der Waals surface area contributed by atoms with E-state index in [2.05, 4.69) is 4.90 Å². The van der Waals surface area contributed by atoms with Crippen molar-refractivity contribution in [3.8, 4) is 5.75 Å². The predicted octanol–water partition coefficient (Wildman–Crippen LogP) is 3.22. The fraction of sp³-hybridized carbons (Fsp3) is 0.467. The molecule has 1 saturated carbocycles. The van der Waals surface area contributed by atoms with Gasteiger partial charge in [-0.2, -0.15) is 0 Å². The molecule has 3 amide bonds. The quantitative estimate of drug-likeness (QED) is 0.223. The van der Waals surface area contributed by atoms with Gasteiger partial charge in [-0.3, -0.25) is 29.0 Å². The van der Waals surface area contributed by atoms with Gasteiger partial charge in [0.25, 0.3) is 0 Å². The van der Waals surface area contributed by atoms with Crippen LogP contribution in [0.5, 0.6) is 5.75 Å². The first-order valence-electron chi connectivity index (χ1n) is 14.3. The summed E-state index contributed by atoms with van der Waals surface area (Å²) in [5.74, 6) is -2.15. The number of rotatable bonds is 7. The predicted molar refractivity (Wildman–Crippen MR) is 160 cm³/mol. The van der Waals surface area contributed by atoms with Crippen molar-refractivity contribution < 1.29 is 28.7 Å². The second kappa shape index (κ2) is 12.7. The van der Waals surface area contributed by atoms with E-state index in [0.29, 0.717) is 41.2 Å². The normalized spacial score (nSPS) is 22.1. The van der Waals surface area contributed by atoms with Gasteiger partial charge in [0.05, 0.1) is 35.4 Å². The largest absolute Gasteiger partial charge is 0.422 e. The molecule has 0 spiro atoms. The number of carbonyl (C=O) groups is 4. The Morgan fingerprint density at radius 1 is 0.905 bits per heavy atom. The summed E-state index contributed by atoms with van der Waals surface area (Å²) in [6.07, 6.45) is 4.26. The van der Waals surface area contributed by atoms with Crippen molar-refractivity contribution in [2.45, 2.75) is 51.2 Å². The Hall–Kier alpha value is -3.67. The Labute approximate surface area is 250 Å². The van der Waals surface area contributed by atoms with Gasteiger partial charge in [0.15, 0.2) is 5.75 Å². The van der Waals surface area contributed by atoms with Crippen molar-refractivity contribution in [3.05, 3.63) is 41.4 Å². The van der Waals surface area contributed by atoms with Crippen LogP contribution >= 0.6 is 11.6 Å². The summed E-state index contributed by atoms with van der Waals surface area (Å²) in [4.78, 5) is 59.2. The topological polar surface area (TPSA) is 126 Å². The van der Waals surface area contributed by atoms with Crippen molar-refractivity contribution in [1.29, 1.82) is 0 Å². The van der Waals surface area contributed by atoms with Crippen LogP contribution in [0.1, 0.15) is 39.0 Å². The molecule has 3 aliphatic rings. The molecule has 0 radical (unpaired) electrons. The molecule has 224 valence electrons. The number of nitrogen functional groups attached to an aromatic ring is 1. The number of carbonyl (C=O) groups excluding carboxylic acids is 4. The third-order valence-corrected chi connectivity index (χ3v) is 8.54. The molecule has 2 heterocycles. The Morgan fingerprint density at radius 2 is 1.52 bits per heavy atom. The number of para-hydroxylation sites is 1. The summed E-state index contributed by atoms with van der Waals surface area (Å²) in [7, 11) is 1.74. The lowest BCUT2D eigenvalue weighted by molar-refractivity contribution is -0.137. The summed E-state index contributed by atoms with van der Waals surface area (Å²) in [6, 6.07) is 10.1. The van der Waals surface area contributed by atoms with Crippen LogP contribution in [0.4, 0.5) is 22.7 Å². The highest BCUT2D eigenvalue weighted by atomic mass is 35.5. The van der Waals surface area contributed by atoms with Gasteiger partial charge in [-0.25, -0.2) is 0 Å². The van der Waals surface area contributed by atoms with Crippen molar-refractivity contribution in [2.75, 3.05) is 60.3 Å². The van der Waals surface area contributed by atoms with Crippen molar-refractivity contribution in [3.63, 3.8) is 0 Å². The molecule has 3 fully saturated rings. The van der Waals surface area contributed by atoms with Crippen LogP contribution in [0, 0.1) is 0 Å². The third kappa shape index (κ3) is 5.95. The van der Waals surface area contributed by atoms with Crippen LogP contribution in [-0.2, 0) is 23.9 Å². The van der Waals surface area contributed by atoms with E-state index in [9.17, 15) is 19.2 Å².